The van der Waals surface area contributed by atoms with Gasteiger partial charge in [-0.15, -0.1) is 0 Å². The van der Waals surface area contributed by atoms with Gasteiger partial charge in [-0.3, -0.25) is 4.90 Å². The van der Waals surface area contributed by atoms with Crippen LogP contribution in [-0.2, 0) is 16.1 Å². The van der Waals surface area contributed by atoms with Crippen LogP contribution in [0.1, 0.15) is 51.3 Å². The molecule has 0 saturated heterocycles. The van der Waals surface area contributed by atoms with Crippen molar-refractivity contribution in [2.75, 3.05) is 13.2 Å². The minimum Gasteiger partial charge on any atom is -0.491 e. The molecule has 1 aliphatic rings. The molecule has 1 aliphatic heterocycles. The Morgan fingerprint density at radius 1 is 1.27 bits per heavy atom. The molecule has 9 nitrogen and oxygen atoms in total. The molecule has 10 heteroatoms. The second kappa shape index (κ2) is 11.9. The third kappa shape index (κ3) is 7.38. The Morgan fingerprint density at radius 3 is 2.57 bits per heavy atom. The van der Waals surface area contributed by atoms with Gasteiger partial charge in [0.1, 0.15) is 23.7 Å². The minimum atomic E-state index is -0.682. The molecule has 3 rings (SSSR count). The largest absolute Gasteiger partial charge is 0.491 e. The number of halogens is 1. The van der Waals surface area contributed by atoms with Crippen LogP contribution in [0.15, 0.2) is 48.0 Å². The highest BCUT2D eigenvalue weighted by atomic mass is 35.5. The molecule has 3 N–H and O–H groups in total. The average molecular weight is 532 g/mol. The molecular formula is C27H34ClN3O6. The number of ether oxygens (including phenoxy) is 3. The Labute approximate surface area is 222 Å². The first-order valence-corrected chi connectivity index (χ1v) is 12.3. The predicted octanol–water partition coefficient (Wildman–Crippen LogP) is 4.93. The first-order chi connectivity index (χ1) is 17.4. The van der Waals surface area contributed by atoms with Crippen molar-refractivity contribution in [3.05, 3.63) is 64.7 Å². The van der Waals surface area contributed by atoms with E-state index in [1.54, 1.807) is 51.1 Å². The van der Waals surface area contributed by atoms with E-state index < -0.39 is 17.7 Å². The summed E-state index contributed by atoms with van der Waals surface area (Å²) in [6.45, 7) is 13.3. The highest BCUT2D eigenvalue weighted by Crippen LogP contribution is 2.31. The second-order valence-corrected chi connectivity index (χ2v) is 10.3. The fourth-order valence-corrected chi connectivity index (χ4v) is 3.85. The van der Waals surface area contributed by atoms with Crippen LogP contribution in [0.3, 0.4) is 0 Å². The molecule has 0 radical (unpaired) electrons. The van der Waals surface area contributed by atoms with Crippen LogP contribution < -0.4 is 15.4 Å². The molecular weight excluding hydrogens is 498 g/mol. The van der Waals surface area contributed by atoms with Crippen molar-refractivity contribution >= 4 is 29.3 Å². The fraction of sp³-hybridized carbons (Fsp3) is 0.407. The van der Waals surface area contributed by atoms with Gasteiger partial charge >= 0.3 is 6.09 Å². The summed E-state index contributed by atoms with van der Waals surface area (Å²) in [7, 11) is 0. The van der Waals surface area contributed by atoms with Gasteiger partial charge in [-0.1, -0.05) is 18.2 Å². The van der Waals surface area contributed by atoms with Crippen LogP contribution in [-0.4, -0.2) is 53.0 Å². The van der Waals surface area contributed by atoms with Crippen LogP contribution >= 0.6 is 11.6 Å². The summed E-state index contributed by atoms with van der Waals surface area (Å²) in [5.74, 6) is 6.76. The van der Waals surface area contributed by atoms with Crippen molar-refractivity contribution in [1.82, 2.24) is 4.90 Å². The van der Waals surface area contributed by atoms with Crippen molar-refractivity contribution in [2.24, 2.45) is 10.9 Å². The van der Waals surface area contributed by atoms with E-state index >= 15 is 0 Å². The van der Waals surface area contributed by atoms with Crippen LogP contribution in [0.4, 0.5) is 4.79 Å². The number of amides is 1. The third-order valence-corrected chi connectivity index (χ3v) is 5.63. The number of hydrogen-bond acceptors (Lipinski definition) is 8. The van der Waals surface area contributed by atoms with Crippen molar-refractivity contribution < 1.29 is 28.9 Å². The number of carbonyl (C=O) groups is 1. The van der Waals surface area contributed by atoms with Crippen molar-refractivity contribution in [3.63, 3.8) is 0 Å². The van der Waals surface area contributed by atoms with Gasteiger partial charge in [0, 0.05) is 16.7 Å². The first kappa shape index (κ1) is 28.3. The van der Waals surface area contributed by atoms with Gasteiger partial charge in [-0.25, -0.2) is 9.79 Å². The van der Waals surface area contributed by atoms with E-state index in [4.69, 9.17) is 36.5 Å². The SMILES string of the molecule is C=C(N=C(ON)c1ccc(OC(C)C)c(Cl)c1)c1ccc2c(c1)CN(C(=O)OC(C)(C)C)C(CO)CO2. The van der Waals surface area contributed by atoms with Gasteiger partial charge in [-0.2, -0.15) is 5.90 Å². The zero-order valence-corrected chi connectivity index (χ0v) is 22.5. The molecule has 2 aromatic carbocycles. The lowest BCUT2D eigenvalue weighted by molar-refractivity contribution is 0.00307. The number of carbonyl (C=O) groups excluding carboxylic acids is 1. The molecule has 0 bridgehead atoms. The third-order valence-electron chi connectivity index (χ3n) is 5.33. The zero-order valence-electron chi connectivity index (χ0n) is 21.8. The molecule has 2 aromatic rings. The Balaban J connectivity index is 1.88. The summed E-state index contributed by atoms with van der Waals surface area (Å²) in [5.41, 5.74) is 1.61. The molecule has 0 saturated carbocycles. The minimum absolute atomic E-state index is 0.0295. The van der Waals surface area contributed by atoms with Gasteiger partial charge < -0.3 is 24.2 Å². The Bertz CT molecular complexity index is 1180. The van der Waals surface area contributed by atoms with Gasteiger partial charge in [0.25, 0.3) is 0 Å². The molecule has 0 spiro atoms. The summed E-state index contributed by atoms with van der Waals surface area (Å²) < 4.78 is 17.1. The summed E-state index contributed by atoms with van der Waals surface area (Å²) in [4.78, 5) is 23.8. The number of hydrogen-bond donors (Lipinski definition) is 2. The average Bonchev–Trinajstić information content (AvgIpc) is 3.01. The highest BCUT2D eigenvalue weighted by Gasteiger charge is 2.32. The number of aliphatic imine (C=N–C) groups is 1. The molecule has 0 fully saturated rings. The van der Waals surface area contributed by atoms with Gasteiger partial charge in [0.05, 0.1) is 36.0 Å². The molecule has 1 amide bonds. The molecule has 0 aliphatic carbocycles. The van der Waals surface area contributed by atoms with Crippen molar-refractivity contribution in [1.29, 1.82) is 0 Å². The van der Waals surface area contributed by atoms with E-state index in [9.17, 15) is 9.90 Å². The number of aliphatic hydroxyl groups excluding tert-OH is 1. The lowest BCUT2D eigenvalue weighted by Gasteiger charge is -2.30. The summed E-state index contributed by atoms with van der Waals surface area (Å²) in [5, 5.41) is 10.3. The number of rotatable bonds is 6. The number of benzene rings is 2. The smallest absolute Gasteiger partial charge is 0.411 e. The summed E-state index contributed by atoms with van der Waals surface area (Å²) >= 11 is 6.35. The lowest BCUT2D eigenvalue weighted by Crippen LogP contribution is -2.46. The maximum absolute atomic E-state index is 12.9. The quantitative estimate of drug-likeness (QED) is 0.308. The Kier molecular flexibility index (Phi) is 9.07. The van der Waals surface area contributed by atoms with Crippen LogP contribution in [0.25, 0.3) is 5.70 Å². The Morgan fingerprint density at radius 2 is 1.97 bits per heavy atom. The van der Waals surface area contributed by atoms with Crippen molar-refractivity contribution in [3.8, 4) is 11.5 Å². The highest BCUT2D eigenvalue weighted by molar-refractivity contribution is 6.32. The monoisotopic (exact) mass is 531 g/mol. The van der Waals surface area contributed by atoms with Crippen LogP contribution in [0.5, 0.6) is 11.5 Å². The molecule has 1 unspecified atom stereocenters. The number of nitrogens with zero attached hydrogens (tertiary/aromatic N) is 2. The first-order valence-electron chi connectivity index (χ1n) is 11.9. The van der Waals surface area contributed by atoms with Gasteiger partial charge in [0.2, 0.25) is 5.90 Å². The number of nitrogens with two attached hydrogens (primary N) is 1. The van der Waals surface area contributed by atoms with Gasteiger partial charge in [-0.05, 0) is 71.0 Å². The fourth-order valence-electron chi connectivity index (χ4n) is 3.63. The van der Waals surface area contributed by atoms with E-state index in [0.717, 1.165) is 0 Å². The van der Waals surface area contributed by atoms with E-state index in [1.807, 2.05) is 19.9 Å². The number of fused-ring (bicyclic) bond motifs is 1. The molecule has 37 heavy (non-hydrogen) atoms. The predicted molar refractivity (Wildman–Crippen MR) is 143 cm³/mol. The van der Waals surface area contributed by atoms with Crippen LogP contribution in [0, 0.1) is 0 Å². The van der Waals surface area contributed by atoms with Crippen molar-refractivity contribution in [2.45, 2.75) is 58.9 Å². The zero-order chi connectivity index (χ0) is 27.3. The van der Waals surface area contributed by atoms with Gasteiger partial charge in [0.15, 0.2) is 0 Å². The maximum Gasteiger partial charge on any atom is 0.411 e. The van der Waals surface area contributed by atoms with E-state index in [-0.39, 0.29) is 31.8 Å². The Hall–Kier alpha value is -3.27. The molecule has 0 aromatic heterocycles. The molecule has 200 valence electrons. The summed E-state index contributed by atoms with van der Waals surface area (Å²) in [6, 6.07) is 9.93. The number of aliphatic hydroxyl groups is 1. The van der Waals surface area contributed by atoms with E-state index in [0.29, 0.717) is 38.9 Å². The normalized spacial score (nSPS) is 16.0. The maximum atomic E-state index is 12.9. The topological polar surface area (TPSA) is 116 Å². The lowest BCUT2D eigenvalue weighted by atomic mass is 10.1. The standard InChI is InChI=1S/C27H34ClN3O6/c1-16(2)35-24-10-8-19(12-22(24)28)25(37-29)30-17(3)18-7-9-23-20(11-18)13-31(21(14-32)15-34-23)26(33)36-27(4,5)6/h7-12,16,21,32H,3,13-15,29H2,1-2,4-6H3. The molecule has 1 heterocycles. The molecule has 1 atom stereocenters. The second-order valence-electron chi connectivity index (χ2n) is 9.87. The van der Waals surface area contributed by atoms with E-state index in [2.05, 4.69) is 11.6 Å². The van der Waals surface area contributed by atoms with E-state index in [1.165, 1.54) is 4.90 Å². The summed E-state index contributed by atoms with van der Waals surface area (Å²) in [6.07, 6.45) is -0.566. The van der Waals surface area contributed by atoms with Crippen LogP contribution in [0.2, 0.25) is 5.02 Å².